The van der Waals surface area contributed by atoms with Gasteiger partial charge in [-0.3, -0.25) is 14.7 Å². The van der Waals surface area contributed by atoms with Crippen LogP contribution in [0.25, 0.3) is 0 Å². The number of carbonyl (C=O) groups is 1. The van der Waals surface area contributed by atoms with E-state index in [1.165, 1.54) is 30.2 Å². The average molecular weight is 377 g/mol. The molecule has 1 N–H and O–H groups in total. The van der Waals surface area contributed by atoms with Crippen molar-refractivity contribution < 1.29 is 9.18 Å². The fraction of sp³-hybridized carbons (Fsp3) is 0.526. The fourth-order valence-electron chi connectivity index (χ4n) is 3.67. The second kappa shape index (κ2) is 8.22. The molecule has 1 aliphatic rings. The monoisotopic (exact) mass is 376 g/mol. The van der Waals surface area contributed by atoms with Gasteiger partial charge >= 0.3 is 0 Å². The van der Waals surface area contributed by atoms with Crippen molar-refractivity contribution in [2.24, 2.45) is 5.92 Å². The third-order valence-electron chi connectivity index (χ3n) is 4.57. The molecule has 3 heterocycles. The van der Waals surface area contributed by atoms with Crippen molar-refractivity contribution in [1.29, 1.82) is 0 Å². The maximum atomic E-state index is 14.1. The van der Waals surface area contributed by atoms with E-state index in [-0.39, 0.29) is 5.91 Å². The van der Waals surface area contributed by atoms with Gasteiger partial charge in [-0.1, -0.05) is 11.3 Å². The third-order valence-corrected chi connectivity index (χ3v) is 5.50. The number of pyridine rings is 1. The summed E-state index contributed by atoms with van der Waals surface area (Å²) < 4.78 is 14.1. The lowest BCUT2D eigenvalue weighted by Gasteiger charge is -2.32. The predicted molar refractivity (Wildman–Crippen MR) is 102 cm³/mol. The minimum Gasteiger partial charge on any atom is -0.302 e. The van der Waals surface area contributed by atoms with Gasteiger partial charge in [-0.15, -0.1) is 0 Å². The summed E-state index contributed by atoms with van der Waals surface area (Å²) in [6.45, 7) is 7.93. The van der Waals surface area contributed by atoms with Gasteiger partial charge < -0.3 is 5.32 Å². The normalized spacial score (nSPS) is 18.1. The number of amides is 1. The Hall–Kier alpha value is -1.86. The summed E-state index contributed by atoms with van der Waals surface area (Å²) >= 11 is 1.22. The number of anilines is 1. The number of thiazole rings is 1. The van der Waals surface area contributed by atoms with Gasteiger partial charge in [0.1, 0.15) is 0 Å². The van der Waals surface area contributed by atoms with Crippen LogP contribution >= 0.6 is 11.3 Å². The van der Waals surface area contributed by atoms with Gasteiger partial charge in [0.05, 0.1) is 4.88 Å². The molecule has 26 heavy (non-hydrogen) atoms. The Kier molecular flexibility index (Phi) is 5.98. The van der Waals surface area contributed by atoms with Gasteiger partial charge in [0.2, 0.25) is 11.9 Å². The Labute approximate surface area is 157 Å². The summed E-state index contributed by atoms with van der Waals surface area (Å²) in [6.07, 6.45) is 3.34. The number of halogens is 1. The van der Waals surface area contributed by atoms with E-state index in [0.717, 1.165) is 37.3 Å². The van der Waals surface area contributed by atoms with E-state index >= 15 is 0 Å². The van der Waals surface area contributed by atoms with Gasteiger partial charge in [0.15, 0.2) is 5.13 Å². The first-order chi connectivity index (χ1) is 12.4. The molecule has 1 fully saturated rings. The van der Waals surface area contributed by atoms with Crippen molar-refractivity contribution in [3.63, 3.8) is 0 Å². The Morgan fingerprint density at radius 2 is 2.08 bits per heavy atom. The maximum absolute atomic E-state index is 14.1. The van der Waals surface area contributed by atoms with Crippen LogP contribution in [0.15, 0.2) is 12.1 Å². The van der Waals surface area contributed by atoms with Crippen molar-refractivity contribution >= 4 is 22.4 Å². The summed E-state index contributed by atoms with van der Waals surface area (Å²) in [7, 11) is 0. The Morgan fingerprint density at radius 3 is 2.77 bits per heavy atom. The van der Waals surface area contributed by atoms with Crippen molar-refractivity contribution in [1.82, 2.24) is 14.9 Å². The lowest BCUT2D eigenvalue weighted by atomic mass is 9.91. The van der Waals surface area contributed by atoms with Gasteiger partial charge in [-0.25, -0.2) is 0 Å². The van der Waals surface area contributed by atoms with E-state index in [1.807, 2.05) is 13.8 Å². The Morgan fingerprint density at radius 1 is 1.35 bits per heavy atom. The molecule has 1 aliphatic heterocycles. The number of rotatable bonds is 5. The lowest BCUT2D eigenvalue weighted by molar-refractivity contribution is -0.114. The molecular formula is C19H25FN4OS. The van der Waals surface area contributed by atoms with Crippen molar-refractivity contribution in [2.45, 2.75) is 46.6 Å². The average Bonchev–Trinajstić information content (AvgIpc) is 2.85. The second-order valence-electron chi connectivity index (χ2n) is 7.12. The van der Waals surface area contributed by atoms with Crippen molar-refractivity contribution in [3.8, 4) is 0 Å². The van der Waals surface area contributed by atoms with E-state index < -0.39 is 5.95 Å². The highest BCUT2D eigenvalue weighted by atomic mass is 32.1. The molecule has 1 atom stereocenters. The van der Waals surface area contributed by atoms with Crippen LogP contribution < -0.4 is 5.32 Å². The van der Waals surface area contributed by atoms with Crippen molar-refractivity contribution in [2.75, 3.05) is 18.4 Å². The zero-order chi connectivity index (χ0) is 18.7. The van der Waals surface area contributed by atoms with Crippen LogP contribution in [0.4, 0.5) is 9.52 Å². The molecule has 3 rings (SSSR count). The lowest BCUT2D eigenvalue weighted by Crippen LogP contribution is -2.35. The zero-order valence-electron chi connectivity index (χ0n) is 15.5. The molecule has 7 heteroatoms. The predicted octanol–water partition coefficient (Wildman–Crippen LogP) is 3.71. The SMILES string of the molecule is CC(=O)Nc1nc(F)c(CN2CCCC(Cc3cc(C)nc(C)c3)C2)s1. The summed E-state index contributed by atoms with van der Waals surface area (Å²) in [4.78, 5) is 22.2. The second-order valence-corrected chi connectivity index (χ2v) is 8.20. The molecule has 0 radical (unpaired) electrons. The highest BCUT2D eigenvalue weighted by Gasteiger charge is 2.23. The van der Waals surface area contributed by atoms with E-state index in [0.29, 0.717) is 22.5 Å². The molecule has 1 unspecified atom stereocenters. The quantitative estimate of drug-likeness (QED) is 0.864. The molecular weight excluding hydrogens is 351 g/mol. The summed E-state index contributed by atoms with van der Waals surface area (Å²) in [6, 6.07) is 4.32. The van der Waals surface area contributed by atoms with Gasteiger partial charge in [0, 0.05) is 31.4 Å². The van der Waals surface area contributed by atoms with Crippen LogP contribution in [0.3, 0.4) is 0 Å². The van der Waals surface area contributed by atoms with E-state index in [9.17, 15) is 9.18 Å². The summed E-state index contributed by atoms with van der Waals surface area (Å²) in [5.74, 6) is -0.136. The number of hydrogen-bond acceptors (Lipinski definition) is 5. The van der Waals surface area contributed by atoms with Crippen LogP contribution in [0.1, 0.15) is 41.6 Å². The number of nitrogens with one attached hydrogen (secondary N) is 1. The fourth-order valence-corrected chi connectivity index (χ4v) is 4.60. The molecule has 1 amide bonds. The Bertz CT molecular complexity index is 772. The molecule has 0 aromatic carbocycles. The first kappa shape index (κ1) is 18.9. The molecule has 5 nitrogen and oxygen atoms in total. The molecule has 2 aromatic rings. The zero-order valence-corrected chi connectivity index (χ0v) is 16.3. The number of nitrogens with zero attached hydrogens (tertiary/aromatic N) is 3. The molecule has 2 aromatic heterocycles. The van der Waals surface area contributed by atoms with Crippen LogP contribution in [0.2, 0.25) is 0 Å². The van der Waals surface area contributed by atoms with Gasteiger partial charge in [-0.2, -0.15) is 9.37 Å². The Balaban J connectivity index is 1.61. The first-order valence-electron chi connectivity index (χ1n) is 8.98. The number of carbonyl (C=O) groups excluding carboxylic acids is 1. The highest BCUT2D eigenvalue weighted by molar-refractivity contribution is 7.15. The smallest absolute Gasteiger partial charge is 0.230 e. The summed E-state index contributed by atoms with van der Waals surface area (Å²) in [5.41, 5.74) is 3.45. The van der Waals surface area contributed by atoms with Gasteiger partial charge in [-0.05, 0) is 63.3 Å². The minimum atomic E-state index is -0.471. The number of hydrogen-bond donors (Lipinski definition) is 1. The standard InChI is InChI=1S/C19H25FN4OS/c1-12-7-16(8-13(2)21-12)9-15-5-4-6-24(10-15)11-17-18(20)23-19(26-17)22-14(3)25/h7-8,15H,4-6,9-11H2,1-3H3,(H,22,23,25). The van der Waals surface area contributed by atoms with Crippen LogP contribution in [-0.2, 0) is 17.8 Å². The van der Waals surface area contributed by atoms with E-state index in [1.54, 1.807) is 0 Å². The highest BCUT2D eigenvalue weighted by Crippen LogP contribution is 2.27. The molecule has 140 valence electrons. The van der Waals surface area contributed by atoms with E-state index in [4.69, 9.17) is 0 Å². The largest absolute Gasteiger partial charge is 0.302 e. The van der Waals surface area contributed by atoms with Gasteiger partial charge in [0.25, 0.3) is 0 Å². The molecule has 0 aliphatic carbocycles. The van der Waals surface area contributed by atoms with Crippen molar-refractivity contribution in [3.05, 3.63) is 39.9 Å². The summed E-state index contributed by atoms with van der Waals surface area (Å²) in [5, 5.41) is 2.89. The maximum Gasteiger partial charge on any atom is 0.230 e. The van der Waals surface area contributed by atoms with Crippen LogP contribution in [0.5, 0.6) is 0 Å². The molecule has 0 spiro atoms. The topological polar surface area (TPSA) is 58.1 Å². The van der Waals surface area contributed by atoms with Crippen LogP contribution in [0, 0.1) is 25.7 Å². The molecule has 1 saturated heterocycles. The third kappa shape index (κ3) is 5.08. The number of aryl methyl sites for hydroxylation is 2. The van der Waals surface area contributed by atoms with E-state index in [2.05, 4.69) is 32.3 Å². The van der Waals surface area contributed by atoms with Crippen LogP contribution in [-0.4, -0.2) is 33.9 Å². The first-order valence-corrected chi connectivity index (χ1v) is 9.80. The number of piperidine rings is 1. The number of aromatic nitrogens is 2. The molecule has 0 bridgehead atoms. The number of likely N-dealkylation sites (tertiary alicyclic amines) is 1. The molecule has 0 saturated carbocycles. The minimum absolute atomic E-state index is 0.230.